The second-order valence-corrected chi connectivity index (χ2v) is 9.92. The molecular weight excluding hydrogens is 434 g/mol. The summed E-state index contributed by atoms with van der Waals surface area (Å²) in [6.07, 6.45) is -0.266. The number of ether oxygens (including phenoxy) is 2. The highest BCUT2D eigenvalue weighted by molar-refractivity contribution is 7.89. The highest BCUT2D eigenvalue weighted by atomic mass is 32.2. The van der Waals surface area contributed by atoms with Gasteiger partial charge < -0.3 is 24.8 Å². The lowest BCUT2D eigenvalue weighted by Gasteiger charge is -2.31. The van der Waals surface area contributed by atoms with Crippen molar-refractivity contribution in [1.29, 1.82) is 0 Å². The van der Waals surface area contributed by atoms with E-state index in [-0.39, 0.29) is 30.6 Å². The molecule has 8 nitrogen and oxygen atoms in total. The zero-order valence-electron chi connectivity index (χ0n) is 17.9. The molecule has 1 saturated heterocycles. The van der Waals surface area contributed by atoms with Crippen LogP contribution in [0.5, 0.6) is 11.5 Å². The molecule has 0 aromatic heterocycles. The van der Waals surface area contributed by atoms with Gasteiger partial charge in [-0.2, -0.15) is 4.31 Å². The fourth-order valence-electron chi connectivity index (χ4n) is 4.51. The fourth-order valence-corrected chi connectivity index (χ4v) is 6.15. The molecule has 4 atom stereocenters. The van der Waals surface area contributed by atoms with Gasteiger partial charge in [-0.15, -0.1) is 0 Å². The first kappa shape index (κ1) is 22.8. The van der Waals surface area contributed by atoms with Gasteiger partial charge in [0.05, 0.1) is 17.1 Å². The molecular formula is C23H27NO7S. The standard InChI is InChI=1S/C22H23NO6S.CH4O/c1-13-2-5-15(6-3-13)30(26,27)23-11-17(16-9-19(24)20(25)10-18(16)23)14-4-7-21-22(8-14)29-12-28-21;1-2/h2-9,17-20,24-25H,10-12H2,1H3;2H,1H3/t17-,18+,19-,20+;/m1./s1. The van der Waals surface area contributed by atoms with Crippen LogP contribution in [0.3, 0.4) is 0 Å². The van der Waals surface area contributed by atoms with Gasteiger partial charge in [0.2, 0.25) is 16.8 Å². The quantitative estimate of drug-likeness (QED) is 0.594. The minimum absolute atomic E-state index is 0.152. The van der Waals surface area contributed by atoms with Crippen LogP contribution < -0.4 is 9.47 Å². The average molecular weight is 462 g/mol. The summed E-state index contributed by atoms with van der Waals surface area (Å²) in [7, 11) is -2.78. The molecule has 0 spiro atoms. The number of benzene rings is 2. The highest BCUT2D eigenvalue weighted by Crippen LogP contribution is 2.46. The maximum absolute atomic E-state index is 13.5. The van der Waals surface area contributed by atoms with Crippen LogP contribution >= 0.6 is 0 Å². The van der Waals surface area contributed by atoms with Crippen LogP contribution in [-0.2, 0) is 10.0 Å². The third kappa shape index (κ3) is 3.91. The van der Waals surface area contributed by atoms with Gasteiger partial charge in [0, 0.05) is 25.6 Å². The van der Waals surface area contributed by atoms with Gasteiger partial charge in [-0.25, -0.2) is 8.42 Å². The minimum atomic E-state index is -3.78. The topological polar surface area (TPSA) is 117 Å². The SMILES string of the molecule is CO.Cc1ccc(S(=O)(=O)N2C[C@H](c3ccc4c(c3)OCO4)C3=C[C@@H](O)[C@@H](O)C[C@@H]32)cc1. The molecule has 0 unspecified atom stereocenters. The van der Waals surface area contributed by atoms with Crippen LogP contribution in [0.25, 0.3) is 0 Å². The van der Waals surface area contributed by atoms with Crippen molar-refractivity contribution >= 4 is 10.0 Å². The maximum atomic E-state index is 13.5. The lowest BCUT2D eigenvalue weighted by Crippen LogP contribution is -2.42. The van der Waals surface area contributed by atoms with Crippen molar-refractivity contribution in [1.82, 2.24) is 4.31 Å². The third-order valence-electron chi connectivity index (χ3n) is 6.15. The summed E-state index contributed by atoms with van der Waals surface area (Å²) in [6, 6.07) is 11.8. The van der Waals surface area contributed by atoms with Crippen molar-refractivity contribution in [2.45, 2.75) is 42.4 Å². The lowest BCUT2D eigenvalue weighted by molar-refractivity contribution is 0.0278. The Labute approximate surface area is 187 Å². The number of aryl methyl sites for hydroxylation is 1. The third-order valence-corrected chi connectivity index (χ3v) is 8.03. The van der Waals surface area contributed by atoms with Crippen LogP contribution in [0.15, 0.2) is 59.0 Å². The summed E-state index contributed by atoms with van der Waals surface area (Å²) in [5.41, 5.74) is 2.67. The molecule has 0 amide bonds. The number of sulfonamides is 1. The fraction of sp³-hybridized carbons (Fsp3) is 0.391. The van der Waals surface area contributed by atoms with E-state index < -0.39 is 28.3 Å². The summed E-state index contributed by atoms with van der Waals surface area (Å²) in [6.45, 7) is 2.29. The normalized spacial score (nSPS) is 26.7. The van der Waals surface area contributed by atoms with Crippen molar-refractivity contribution in [3.8, 4) is 11.5 Å². The number of aliphatic hydroxyl groups excluding tert-OH is 3. The van der Waals surface area contributed by atoms with E-state index in [9.17, 15) is 18.6 Å². The van der Waals surface area contributed by atoms with Gasteiger partial charge >= 0.3 is 0 Å². The van der Waals surface area contributed by atoms with E-state index >= 15 is 0 Å². The Morgan fingerprint density at radius 2 is 1.69 bits per heavy atom. The molecule has 0 saturated carbocycles. The zero-order valence-corrected chi connectivity index (χ0v) is 18.7. The molecule has 0 bridgehead atoms. The second-order valence-electron chi connectivity index (χ2n) is 8.03. The lowest BCUT2D eigenvalue weighted by atomic mass is 9.83. The molecule has 2 aromatic carbocycles. The summed E-state index contributed by atoms with van der Waals surface area (Å²) >= 11 is 0. The smallest absolute Gasteiger partial charge is 0.243 e. The first-order valence-corrected chi connectivity index (χ1v) is 11.8. The molecule has 32 heavy (non-hydrogen) atoms. The predicted molar refractivity (Wildman–Crippen MR) is 117 cm³/mol. The van der Waals surface area contributed by atoms with Crippen molar-refractivity contribution in [2.75, 3.05) is 20.4 Å². The Balaban J connectivity index is 0.00000119. The molecule has 2 heterocycles. The zero-order chi connectivity index (χ0) is 23.0. The summed E-state index contributed by atoms with van der Waals surface area (Å²) < 4.78 is 39.2. The Morgan fingerprint density at radius 1 is 1.00 bits per heavy atom. The minimum Gasteiger partial charge on any atom is -0.454 e. The molecule has 1 aliphatic carbocycles. The number of aliphatic hydroxyl groups is 3. The first-order chi connectivity index (χ1) is 15.3. The van der Waals surface area contributed by atoms with Crippen LogP contribution in [0.1, 0.15) is 23.5 Å². The second kappa shape index (κ2) is 8.84. The van der Waals surface area contributed by atoms with E-state index in [0.717, 1.165) is 23.8 Å². The van der Waals surface area contributed by atoms with E-state index in [2.05, 4.69) is 0 Å². The van der Waals surface area contributed by atoms with Crippen LogP contribution in [0, 0.1) is 6.92 Å². The maximum Gasteiger partial charge on any atom is 0.243 e. The highest BCUT2D eigenvalue weighted by Gasteiger charge is 2.47. The van der Waals surface area contributed by atoms with E-state index in [1.807, 2.05) is 25.1 Å². The van der Waals surface area contributed by atoms with Gasteiger partial charge in [-0.3, -0.25) is 0 Å². The summed E-state index contributed by atoms with van der Waals surface area (Å²) in [4.78, 5) is 0.222. The first-order valence-electron chi connectivity index (χ1n) is 10.3. The van der Waals surface area contributed by atoms with E-state index in [1.54, 1.807) is 30.3 Å². The van der Waals surface area contributed by atoms with Crippen molar-refractivity contribution in [3.05, 3.63) is 65.2 Å². The Kier molecular flexibility index (Phi) is 6.28. The number of hydrogen-bond acceptors (Lipinski definition) is 7. The Hall–Kier alpha value is -2.43. The van der Waals surface area contributed by atoms with Gasteiger partial charge in [0.15, 0.2) is 11.5 Å². The molecule has 3 N–H and O–H groups in total. The summed E-state index contributed by atoms with van der Waals surface area (Å²) in [5.74, 6) is 1.04. The average Bonchev–Trinajstić information content (AvgIpc) is 3.40. The number of hydrogen-bond donors (Lipinski definition) is 3. The summed E-state index contributed by atoms with van der Waals surface area (Å²) in [5, 5.41) is 27.5. The largest absolute Gasteiger partial charge is 0.454 e. The van der Waals surface area contributed by atoms with E-state index in [0.29, 0.717) is 11.5 Å². The Bertz CT molecular complexity index is 1110. The predicted octanol–water partition coefficient (Wildman–Crippen LogP) is 1.54. The number of nitrogens with zero attached hydrogens (tertiary/aromatic N) is 1. The molecule has 1 fully saturated rings. The van der Waals surface area contributed by atoms with Gasteiger partial charge in [-0.05, 0) is 48.7 Å². The number of rotatable bonds is 3. The molecule has 5 rings (SSSR count). The van der Waals surface area contributed by atoms with Crippen molar-refractivity contribution < 1.29 is 33.2 Å². The van der Waals surface area contributed by atoms with Crippen molar-refractivity contribution in [3.63, 3.8) is 0 Å². The Morgan fingerprint density at radius 3 is 2.41 bits per heavy atom. The van der Waals surface area contributed by atoms with Gasteiger partial charge in [0.25, 0.3) is 0 Å². The van der Waals surface area contributed by atoms with Crippen LogP contribution in [0.4, 0.5) is 0 Å². The van der Waals surface area contributed by atoms with E-state index in [4.69, 9.17) is 14.6 Å². The molecule has 172 valence electrons. The van der Waals surface area contributed by atoms with Crippen LogP contribution in [0.2, 0.25) is 0 Å². The molecule has 2 aromatic rings. The molecule has 0 radical (unpaired) electrons. The molecule has 9 heteroatoms. The molecule has 3 aliphatic rings. The van der Waals surface area contributed by atoms with Crippen molar-refractivity contribution in [2.24, 2.45) is 0 Å². The van der Waals surface area contributed by atoms with Gasteiger partial charge in [-0.1, -0.05) is 29.8 Å². The van der Waals surface area contributed by atoms with Gasteiger partial charge in [0.1, 0.15) is 0 Å². The van der Waals surface area contributed by atoms with Crippen LogP contribution in [-0.4, -0.2) is 66.7 Å². The number of fused-ring (bicyclic) bond motifs is 2. The molecule has 2 aliphatic heterocycles. The van der Waals surface area contributed by atoms with E-state index in [1.165, 1.54) is 4.31 Å². The monoisotopic (exact) mass is 461 g/mol.